The lowest BCUT2D eigenvalue weighted by Gasteiger charge is -2.18. The molecule has 0 saturated carbocycles. The van der Waals surface area contributed by atoms with Gasteiger partial charge in [-0.15, -0.1) is 11.3 Å². The van der Waals surface area contributed by atoms with Crippen LogP contribution in [0, 0.1) is 0 Å². The molecular weight excluding hydrogens is 436 g/mol. The van der Waals surface area contributed by atoms with Crippen LogP contribution in [0.3, 0.4) is 0 Å². The summed E-state index contributed by atoms with van der Waals surface area (Å²) >= 11 is 1.45. The van der Waals surface area contributed by atoms with Gasteiger partial charge in [-0.3, -0.25) is 9.78 Å². The van der Waals surface area contributed by atoms with Crippen LogP contribution in [0.4, 0.5) is 0 Å². The van der Waals surface area contributed by atoms with Crippen LogP contribution < -0.4 is 19.5 Å². The lowest BCUT2D eigenvalue weighted by molar-refractivity contribution is 0.0955. The molecule has 4 aromatic rings. The molecule has 1 amide bonds. The number of carbonyl (C=O) groups is 1. The Bertz CT molecular complexity index is 1240. The molecule has 3 heterocycles. The maximum atomic E-state index is 12.6. The highest BCUT2D eigenvalue weighted by Crippen LogP contribution is 2.36. The summed E-state index contributed by atoms with van der Waals surface area (Å²) in [5, 5.41) is 2.98. The van der Waals surface area contributed by atoms with Crippen molar-refractivity contribution in [2.24, 2.45) is 0 Å². The molecule has 2 aromatic carbocycles. The fraction of sp³-hybridized carbons (Fsp3) is 0.154. The zero-order valence-electron chi connectivity index (χ0n) is 17.8. The van der Waals surface area contributed by atoms with Crippen molar-refractivity contribution in [1.29, 1.82) is 0 Å². The lowest BCUT2D eigenvalue weighted by atomic mass is 10.1. The second kappa shape index (κ2) is 9.75. The van der Waals surface area contributed by atoms with Crippen LogP contribution >= 0.6 is 11.3 Å². The number of fused-ring (bicyclic) bond motifs is 1. The molecule has 1 N–H and O–H groups in total. The van der Waals surface area contributed by atoms with Gasteiger partial charge in [-0.2, -0.15) is 0 Å². The van der Waals surface area contributed by atoms with Crippen LogP contribution in [0.2, 0.25) is 0 Å². The third-order valence-electron chi connectivity index (χ3n) is 5.15. The summed E-state index contributed by atoms with van der Waals surface area (Å²) in [5.41, 5.74) is 2.88. The summed E-state index contributed by atoms with van der Waals surface area (Å²) in [6.07, 6.45) is 1.75. The maximum Gasteiger partial charge on any atom is 0.261 e. The van der Waals surface area contributed by atoms with Gasteiger partial charge in [0.1, 0.15) is 25.6 Å². The quantitative estimate of drug-likeness (QED) is 0.418. The summed E-state index contributed by atoms with van der Waals surface area (Å²) < 4.78 is 17.0. The third kappa shape index (κ3) is 5.15. The minimum Gasteiger partial charge on any atom is -0.487 e. The standard InChI is InChI=1S/C26H22N2O4S/c29-26(25-11-10-24(33-25)19-6-9-22-23(15-19)31-14-13-30-22)28-16-18-4-7-21(8-5-18)32-17-20-3-1-2-12-27-20/h1-12,15H,13-14,16-17H2,(H,28,29). The van der Waals surface area contributed by atoms with Crippen LogP contribution in [0.15, 0.2) is 79.0 Å². The van der Waals surface area contributed by atoms with Gasteiger partial charge in [0.2, 0.25) is 0 Å². The van der Waals surface area contributed by atoms with Crippen molar-refractivity contribution in [2.75, 3.05) is 13.2 Å². The van der Waals surface area contributed by atoms with E-state index in [9.17, 15) is 4.79 Å². The Hall–Kier alpha value is -3.84. The number of hydrogen-bond acceptors (Lipinski definition) is 6. The van der Waals surface area contributed by atoms with E-state index in [1.54, 1.807) is 6.20 Å². The number of amides is 1. The van der Waals surface area contributed by atoms with E-state index in [0.717, 1.165) is 38.9 Å². The van der Waals surface area contributed by atoms with Crippen LogP contribution in [0.25, 0.3) is 10.4 Å². The van der Waals surface area contributed by atoms with Crippen molar-refractivity contribution in [3.8, 4) is 27.7 Å². The monoisotopic (exact) mass is 458 g/mol. The molecule has 1 aliphatic rings. The molecule has 0 saturated heterocycles. The average molecular weight is 459 g/mol. The topological polar surface area (TPSA) is 69.7 Å². The SMILES string of the molecule is O=C(NCc1ccc(OCc2ccccn2)cc1)c1ccc(-c2ccc3c(c2)OCCO3)s1. The smallest absolute Gasteiger partial charge is 0.261 e. The number of rotatable bonds is 7. The maximum absolute atomic E-state index is 12.6. The summed E-state index contributed by atoms with van der Waals surface area (Å²) in [6, 6.07) is 23.1. The highest BCUT2D eigenvalue weighted by molar-refractivity contribution is 7.17. The molecule has 7 heteroatoms. The molecule has 5 rings (SSSR count). The molecule has 0 aliphatic carbocycles. The fourth-order valence-electron chi connectivity index (χ4n) is 3.43. The second-order valence-electron chi connectivity index (χ2n) is 7.46. The number of ether oxygens (including phenoxy) is 3. The molecule has 1 aliphatic heterocycles. The zero-order valence-corrected chi connectivity index (χ0v) is 18.6. The van der Waals surface area contributed by atoms with E-state index >= 15 is 0 Å². The van der Waals surface area contributed by atoms with Gasteiger partial charge in [0.15, 0.2) is 11.5 Å². The molecule has 33 heavy (non-hydrogen) atoms. The van der Waals surface area contributed by atoms with Gasteiger partial charge < -0.3 is 19.5 Å². The van der Waals surface area contributed by atoms with Crippen molar-refractivity contribution >= 4 is 17.2 Å². The zero-order chi connectivity index (χ0) is 22.5. The van der Waals surface area contributed by atoms with Crippen molar-refractivity contribution < 1.29 is 19.0 Å². The Balaban J connectivity index is 1.16. The van der Waals surface area contributed by atoms with E-state index in [0.29, 0.717) is 31.2 Å². The predicted molar refractivity (Wildman–Crippen MR) is 127 cm³/mol. The molecular formula is C26H22N2O4S. The molecule has 0 spiro atoms. The number of thiophene rings is 1. The third-order valence-corrected chi connectivity index (χ3v) is 6.28. The summed E-state index contributed by atoms with van der Waals surface area (Å²) in [4.78, 5) is 18.6. The Morgan fingerprint density at radius 3 is 2.64 bits per heavy atom. The molecule has 166 valence electrons. The van der Waals surface area contributed by atoms with E-state index in [1.165, 1.54) is 11.3 Å². The molecule has 0 bridgehead atoms. The Kier molecular flexibility index (Phi) is 6.21. The Morgan fingerprint density at radius 2 is 1.82 bits per heavy atom. The number of nitrogens with zero attached hydrogens (tertiary/aromatic N) is 1. The fourth-order valence-corrected chi connectivity index (χ4v) is 4.34. The van der Waals surface area contributed by atoms with Gasteiger partial charge in [-0.25, -0.2) is 0 Å². The number of hydrogen-bond donors (Lipinski definition) is 1. The number of pyridine rings is 1. The first-order chi connectivity index (χ1) is 16.2. The van der Waals surface area contributed by atoms with Gasteiger partial charge >= 0.3 is 0 Å². The normalized spacial score (nSPS) is 12.2. The molecule has 0 unspecified atom stereocenters. The lowest BCUT2D eigenvalue weighted by Crippen LogP contribution is -2.21. The number of carbonyl (C=O) groups excluding carboxylic acids is 1. The average Bonchev–Trinajstić information content (AvgIpc) is 3.38. The van der Waals surface area contributed by atoms with E-state index in [1.807, 2.05) is 72.8 Å². The summed E-state index contributed by atoms with van der Waals surface area (Å²) in [5.74, 6) is 2.16. The number of benzene rings is 2. The number of aromatic nitrogens is 1. The highest BCUT2D eigenvalue weighted by Gasteiger charge is 2.15. The van der Waals surface area contributed by atoms with Crippen molar-refractivity contribution in [3.05, 3.63) is 95.1 Å². The van der Waals surface area contributed by atoms with E-state index in [4.69, 9.17) is 14.2 Å². The van der Waals surface area contributed by atoms with Crippen LogP contribution in [-0.4, -0.2) is 24.1 Å². The molecule has 0 fully saturated rings. The van der Waals surface area contributed by atoms with Gasteiger partial charge in [-0.05, 0) is 65.7 Å². The predicted octanol–water partition coefficient (Wildman–Crippen LogP) is 5.09. The van der Waals surface area contributed by atoms with Crippen LogP contribution in [0.5, 0.6) is 17.2 Å². The Morgan fingerprint density at radius 1 is 0.970 bits per heavy atom. The van der Waals surface area contributed by atoms with Crippen LogP contribution in [-0.2, 0) is 13.2 Å². The van der Waals surface area contributed by atoms with Crippen molar-refractivity contribution in [3.63, 3.8) is 0 Å². The highest BCUT2D eigenvalue weighted by atomic mass is 32.1. The van der Waals surface area contributed by atoms with Crippen LogP contribution in [0.1, 0.15) is 20.9 Å². The minimum atomic E-state index is -0.0979. The molecule has 2 aromatic heterocycles. The molecule has 6 nitrogen and oxygen atoms in total. The van der Waals surface area contributed by atoms with Gasteiger partial charge in [0.05, 0.1) is 10.6 Å². The minimum absolute atomic E-state index is 0.0979. The second-order valence-corrected chi connectivity index (χ2v) is 8.54. The van der Waals surface area contributed by atoms with Crippen molar-refractivity contribution in [1.82, 2.24) is 10.3 Å². The first-order valence-electron chi connectivity index (χ1n) is 10.6. The molecule has 0 radical (unpaired) electrons. The van der Waals surface area contributed by atoms with E-state index < -0.39 is 0 Å². The summed E-state index contributed by atoms with van der Waals surface area (Å²) in [7, 11) is 0. The largest absolute Gasteiger partial charge is 0.487 e. The van der Waals surface area contributed by atoms with E-state index in [-0.39, 0.29) is 5.91 Å². The molecule has 0 atom stereocenters. The van der Waals surface area contributed by atoms with Gasteiger partial charge in [-0.1, -0.05) is 18.2 Å². The Labute approximate surface area is 195 Å². The van der Waals surface area contributed by atoms with Gasteiger partial charge in [0, 0.05) is 17.6 Å². The van der Waals surface area contributed by atoms with E-state index in [2.05, 4.69) is 10.3 Å². The number of nitrogens with one attached hydrogen (secondary N) is 1. The van der Waals surface area contributed by atoms with Gasteiger partial charge in [0.25, 0.3) is 5.91 Å². The first-order valence-corrected chi connectivity index (χ1v) is 11.5. The summed E-state index contributed by atoms with van der Waals surface area (Å²) in [6.45, 7) is 1.97. The van der Waals surface area contributed by atoms with Crippen molar-refractivity contribution in [2.45, 2.75) is 13.2 Å². The first kappa shape index (κ1) is 21.0.